The third-order valence-electron chi connectivity index (χ3n) is 3.70. The summed E-state index contributed by atoms with van der Waals surface area (Å²) in [6, 6.07) is 0. The lowest BCUT2D eigenvalue weighted by Crippen LogP contribution is -2.50. The van der Waals surface area contributed by atoms with Crippen LogP contribution in [0.1, 0.15) is 52.4 Å². The van der Waals surface area contributed by atoms with E-state index in [9.17, 15) is 5.11 Å². The molecule has 0 amide bonds. The van der Waals surface area contributed by atoms with Crippen molar-refractivity contribution < 1.29 is 9.84 Å². The fourth-order valence-corrected chi connectivity index (χ4v) is 2.43. The first kappa shape index (κ1) is 14.9. The van der Waals surface area contributed by atoms with E-state index >= 15 is 0 Å². The predicted molar refractivity (Wildman–Crippen MR) is 71.2 cm³/mol. The molecule has 1 aliphatic rings. The van der Waals surface area contributed by atoms with Gasteiger partial charge in [0.1, 0.15) is 0 Å². The highest BCUT2D eigenvalue weighted by Crippen LogP contribution is 2.27. The lowest BCUT2D eigenvalue weighted by atomic mass is 9.82. The molecule has 0 saturated heterocycles. The van der Waals surface area contributed by atoms with Crippen molar-refractivity contribution >= 4 is 0 Å². The summed E-state index contributed by atoms with van der Waals surface area (Å²) in [6.07, 6.45) is 7.13. The minimum Gasteiger partial charge on any atom is -0.394 e. The van der Waals surface area contributed by atoms with Crippen molar-refractivity contribution in [1.82, 2.24) is 5.32 Å². The van der Waals surface area contributed by atoms with Crippen LogP contribution >= 0.6 is 0 Å². The Morgan fingerprint density at radius 3 is 2.47 bits per heavy atom. The number of rotatable bonds is 8. The highest BCUT2D eigenvalue weighted by molar-refractivity contribution is 4.89. The summed E-state index contributed by atoms with van der Waals surface area (Å²) < 4.78 is 5.58. The zero-order chi connectivity index (χ0) is 12.6. The van der Waals surface area contributed by atoms with Crippen LogP contribution < -0.4 is 5.32 Å². The zero-order valence-electron chi connectivity index (χ0n) is 11.5. The van der Waals surface area contributed by atoms with Gasteiger partial charge in [-0.25, -0.2) is 0 Å². The second kappa shape index (κ2) is 8.06. The van der Waals surface area contributed by atoms with Crippen LogP contribution in [-0.4, -0.2) is 37.0 Å². The molecular formula is C14H29NO2. The SMILES string of the molecule is CC(C)CCOCCNC1(CO)CCCCC1. The van der Waals surface area contributed by atoms with E-state index in [4.69, 9.17) is 4.74 Å². The predicted octanol–water partition coefficient (Wildman–Crippen LogP) is 2.33. The van der Waals surface area contributed by atoms with E-state index in [1.165, 1.54) is 19.3 Å². The molecule has 17 heavy (non-hydrogen) atoms. The summed E-state index contributed by atoms with van der Waals surface area (Å²) in [5, 5.41) is 13.0. The Labute approximate surface area is 106 Å². The van der Waals surface area contributed by atoms with Crippen molar-refractivity contribution in [2.24, 2.45) is 5.92 Å². The van der Waals surface area contributed by atoms with Crippen LogP contribution in [0.3, 0.4) is 0 Å². The highest BCUT2D eigenvalue weighted by atomic mass is 16.5. The minimum atomic E-state index is -0.0142. The molecule has 1 rings (SSSR count). The number of aliphatic hydroxyl groups is 1. The molecule has 1 saturated carbocycles. The van der Waals surface area contributed by atoms with Gasteiger partial charge in [-0.2, -0.15) is 0 Å². The lowest BCUT2D eigenvalue weighted by molar-refractivity contribution is 0.0892. The van der Waals surface area contributed by atoms with Gasteiger partial charge in [-0.3, -0.25) is 0 Å². The fraction of sp³-hybridized carbons (Fsp3) is 1.00. The number of ether oxygens (including phenoxy) is 1. The first-order valence-corrected chi connectivity index (χ1v) is 7.12. The van der Waals surface area contributed by atoms with Crippen molar-refractivity contribution in [3.05, 3.63) is 0 Å². The standard InChI is InChI=1S/C14H29NO2/c1-13(2)6-10-17-11-9-15-14(12-16)7-4-3-5-8-14/h13,15-16H,3-12H2,1-2H3. The highest BCUT2D eigenvalue weighted by Gasteiger charge is 2.30. The summed E-state index contributed by atoms with van der Waals surface area (Å²) in [6.45, 7) is 7.16. The van der Waals surface area contributed by atoms with Crippen molar-refractivity contribution in [3.8, 4) is 0 Å². The number of hydrogen-bond acceptors (Lipinski definition) is 3. The molecule has 0 aromatic rings. The number of aliphatic hydroxyl groups excluding tert-OH is 1. The third kappa shape index (κ3) is 5.84. The molecule has 0 aliphatic heterocycles. The molecule has 3 nitrogen and oxygen atoms in total. The van der Waals surface area contributed by atoms with Gasteiger partial charge in [0.05, 0.1) is 13.2 Å². The summed E-state index contributed by atoms with van der Waals surface area (Å²) in [4.78, 5) is 0. The molecule has 3 heteroatoms. The van der Waals surface area contributed by atoms with E-state index in [0.717, 1.165) is 39.0 Å². The van der Waals surface area contributed by atoms with E-state index in [0.29, 0.717) is 5.92 Å². The summed E-state index contributed by atoms with van der Waals surface area (Å²) in [5.74, 6) is 0.713. The molecule has 0 atom stereocenters. The van der Waals surface area contributed by atoms with Gasteiger partial charge >= 0.3 is 0 Å². The third-order valence-corrected chi connectivity index (χ3v) is 3.70. The Morgan fingerprint density at radius 1 is 1.18 bits per heavy atom. The lowest BCUT2D eigenvalue weighted by Gasteiger charge is -2.36. The van der Waals surface area contributed by atoms with Gasteiger partial charge in [0, 0.05) is 18.7 Å². The van der Waals surface area contributed by atoms with Gasteiger partial charge in [0.15, 0.2) is 0 Å². The van der Waals surface area contributed by atoms with Crippen molar-refractivity contribution in [3.63, 3.8) is 0 Å². The Hall–Kier alpha value is -0.120. The van der Waals surface area contributed by atoms with Gasteiger partial charge in [-0.15, -0.1) is 0 Å². The van der Waals surface area contributed by atoms with Crippen molar-refractivity contribution in [2.45, 2.75) is 57.9 Å². The molecule has 0 bridgehead atoms. The quantitative estimate of drug-likeness (QED) is 0.643. The molecule has 0 unspecified atom stereocenters. The van der Waals surface area contributed by atoms with Crippen LogP contribution in [0.15, 0.2) is 0 Å². The van der Waals surface area contributed by atoms with Gasteiger partial charge < -0.3 is 15.2 Å². The van der Waals surface area contributed by atoms with Gasteiger partial charge in [-0.1, -0.05) is 33.1 Å². The largest absolute Gasteiger partial charge is 0.394 e. The second-order valence-corrected chi connectivity index (χ2v) is 5.72. The van der Waals surface area contributed by atoms with Crippen LogP contribution in [-0.2, 0) is 4.74 Å². The van der Waals surface area contributed by atoms with Crippen LogP contribution in [0.25, 0.3) is 0 Å². The normalized spacial score (nSPS) is 19.8. The molecule has 0 aromatic heterocycles. The fourth-order valence-electron chi connectivity index (χ4n) is 2.43. The van der Waals surface area contributed by atoms with Gasteiger partial charge in [-0.05, 0) is 25.2 Å². The van der Waals surface area contributed by atoms with Crippen LogP contribution in [0.5, 0.6) is 0 Å². The van der Waals surface area contributed by atoms with E-state index in [1.54, 1.807) is 0 Å². The van der Waals surface area contributed by atoms with Crippen molar-refractivity contribution in [2.75, 3.05) is 26.4 Å². The molecule has 0 aromatic carbocycles. The maximum Gasteiger partial charge on any atom is 0.0613 e. The molecule has 102 valence electrons. The maximum atomic E-state index is 9.51. The smallest absolute Gasteiger partial charge is 0.0613 e. The van der Waals surface area contributed by atoms with Crippen molar-refractivity contribution in [1.29, 1.82) is 0 Å². The monoisotopic (exact) mass is 243 g/mol. The van der Waals surface area contributed by atoms with Gasteiger partial charge in [0.25, 0.3) is 0 Å². The summed E-state index contributed by atoms with van der Waals surface area (Å²) >= 11 is 0. The van der Waals surface area contributed by atoms with E-state index in [2.05, 4.69) is 19.2 Å². The topological polar surface area (TPSA) is 41.5 Å². The first-order valence-electron chi connectivity index (χ1n) is 7.12. The second-order valence-electron chi connectivity index (χ2n) is 5.72. The van der Waals surface area contributed by atoms with Crippen LogP contribution in [0.4, 0.5) is 0 Å². The maximum absolute atomic E-state index is 9.51. The Morgan fingerprint density at radius 2 is 1.88 bits per heavy atom. The number of hydrogen-bond donors (Lipinski definition) is 2. The summed E-state index contributed by atoms with van der Waals surface area (Å²) in [7, 11) is 0. The van der Waals surface area contributed by atoms with Crippen LogP contribution in [0.2, 0.25) is 0 Å². The van der Waals surface area contributed by atoms with E-state index in [-0.39, 0.29) is 12.1 Å². The molecule has 1 fully saturated rings. The van der Waals surface area contributed by atoms with E-state index in [1.807, 2.05) is 0 Å². The van der Waals surface area contributed by atoms with E-state index < -0.39 is 0 Å². The minimum absolute atomic E-state index is 0.0142. The Kier molecular flexibility index (Phi) is 7.09. The average Bonchev–Trinajstić information content (AvgIpc) is 2.34. The zero-order valence-corrected chi connectivity index (χ0v) is 11.5. The molecule has 0 heterocycles. The molecular weight excluding hydrogens is 214 g/mol. The van der Waals surface area contributed by atoms with Crippen LogP contribution in [0, 0.1) is 5.92 Å². The van der Waals surface area contributed by atoms with Gasteiger partial charge in [0.2, 0.25) is 0 Å². The summed E-state index contributed by atoms with van der Waals surface area (Å²) in [5.41, 5.74) is -0.0142. The Bertz CT molecular complexity index is 189. The average molecular weight is 243 g/mol. The molecule has 0 spiro atoms. The number of nitrogens with one attached hydrogen (secondary N) is 1. The molecule has 1 aliphatic carbocycles. The molecule has 0 radical (unpaired) electrons. The molecule has 2 N–H and O–H groups in total. The Balaban J connectivity index is 2.07. The first-order chi connectivity index (χ1) is 8.18.